The van der Waals surface area contributed by atoms with E-state index in [0.717, 1.165) is 11.8 Å². The largest absolute Gasteiger partial charge is 0.348 e. The molecule has 3 N–H and O–H groups in total. The molecule has 1 aromatic carbocycles. The molecule has 6 heteroatoms. The number of H-pyrrole nitrogens is 3. The molecule has 3 rings (SSSR count). The van der Waals surface area contributed by atoms with E-state index in [1.54, 1.807) is 0 Å². The lowest BCUT2D eigenvalue weighted by molar-refractivity contribution is 0.571. The number of nitrogens with one attached hydrogen (secondary N) is 3. The molecule has 0 saturated heterocycles. The van der Waals surface area contributed by atoms with Crippen molar-refractivity contribution in [2.45, 2.75) is 26.2 Å². The lowest BCUT2D eigenvalue weighted by Gasteiger charge is -2.16. The lowest BCUT2D eigenvalue weighted by atomic mass is 9.90. The highest BCUT2D eigenvalue weighted by Gasteiger charge is 2.19. The van der Waals surface area contributed by atoms with Crippen molar-refractivity contribution in [1.29, 1.82) is 0 Å². The van der Waals surface area contributed by atoms with Gasteiger partial charge in [0.2, 0.25) is 0 Å². The fourth-order valence-electron chi connectivity index (χ4n) is 2.32. The van der Waals surface area contributed by atoms with Gasteiger partial charge in [-0.05, 0) is 17.7 Å². The van der Waals surface area contributed by atoms with Crippen LogP contribution in [0.4, 0.5) is 0 Å². The minimum absolute atomic E-state index is 0.0178. The van der Waals surface area contributed by atoms with Crippen LogP contribution in [0, 0.1) is 0 Å². The summed E-state index contributed by atoms with van der Waals surface area (Å²) in [6.45, 7) is 5.93. The molecule has 0 fully saturated rings. The molecule has 2 aromatic heterocycles. The van der Waals surface area contributed by atoms with Crippen molar-refractivity contribution in [3.63, 3.8) is 0 Å². The van der Waals surface area contributed by atoms with Gasteiger partial charge >= 0.3 is 0 Å². The van der Waals surface area contributed by atoms with Gasteiger partial charge in [-0.3, -0.25) is 9.59 Å². The first kappa shape index (κ1) is 11.4. The monoisotopic (exact) mass is 341 g/mol. The van der Waals surface area contributed by atoms with Crippen molar-refractivity contribution in [2.24, 2.45) is 0 Å². The van der Waals surface area contributed by atoms with E-state index in [2.05, 4.69) is 19.9 Å². The Balaban J connectivity index is 2.23. The standard InChI is InChI=1S/C19H20N4O2/c1-19(2,3)16-13(20-11-21-16)10-15-18(25)22-14(17(24)23-15)9-12-7-5-4-6-8-12/h4-11H,1-3H3,(H,20,21)(H,22,25)(H,23,24)/b14-9-,15-10-/i4D,5D,6D,7D,8D. The van der Waals surface area contributed by atoms with Gasteiger partial charge in [0.05, 0.1) is 18.9 Å². The zero-order valence-corrected chi connectivity index (χ0v) is 14.0. The number of aromatic amines is 3. The second-order valence-corrected chi connectivity index (χ2v) is 6.48. The number of aromatic nitrogens is 4. The highest BCUT2D eigenvalue weighted by atomic mass is 16.1. The summed E-state index contributed by atoms with van der Waals surface area (Å²) in [5.41, 5.74) is -0.453. The molecular formula is C19H20N4O2. The number of rotatable bonds is 2. The third-order valence-electron chi connectivity index (χ3n) is 3.49. The first-order valence-corrected chi connectivity index (χ1v) is 7.58. The van der Waals surface area contributed by atoms with Crippen molar-refractivity contribution >= 4 is 12.2 Å². The third-order valence-corrected chi connectivity index (χ3v) is 3.49. The SMILES string of the molecule is [2H]c1c([2H])c([2H])c(/C=c2\[nH]c(=O)/c(=C/c3nc[nH]c3C(C)(C)C)[nH]c2=O)c([2H])c1[2H]. The summed E-state index contributed by atoms with van der Waals surface area (Å²) in [5, 5.41) is -0.246. The molecule has 0 saturated carbocycles. The zero-order valence-electron chi connectivity index (χ0n) is 19.0. The fraction of sp³-hybridized carbons (Fsp3) is 0.211. The van der Waals surface area contributed by atoms with E-state index in [1.165, 1.54) is 12.4 Å². The van der Waals surface area contributed by atoms with Gasteiger partial charge in [-0.2, -0.15) is 0 Å². The summed E-state index contributed by atoms with van der Waals surface area (Å²) in [4.78, 5) is 37.1. The van der Waals surface area contributed by atoms with E-state index in [4.69, 9.17) is 6.85 Å². The van der Waals surface area contributed by atoms with Crippen LogP contribution in [0.1, 0.15) is 44.6 Å². The Morgan fingerprint density at radius 3 is 2.20 bits per heavy atom. The number of nitrogens with zero attached hydrogens (tertiary/aromatic N) is 1. The first-order valence-electron chi connectivity index (χ1n) is 10.1. The molecule has 0 aliphatic carbocycles. The molecule has 3 aromatic rings. The van der Waals surface area contributed by atoms with Crippen LogP contribution in [0.2, 0.25) is 0 Å². The molecule has 0 spiro atoms. The highest BCUT2D eigenvalue weighted by Crippen LogP contribution is 2.22. The van der Waals surface area contributed by atoms with Gasteiger partial charge in [0.1, 0.15) is 10.7 Å². The predicted octanol–water partition coefficient (Wildman–Crippen LogP) is 0.741. The Bertz CT molecular complexity index is 1350. The lowest BCUT2D eigenvalue weighted by Crippen LogP contribution is -2.46. The van der Waals surface area contributed by atoms with Crippen LogP contribution in [0.15, 0.2) is 46.1 Å². The Hall–Kier alpha value is -3.15. The van der Waals surface area contributed by atoms with E-state index >= 15 is 0 Å². The molecule has 0 unspecified atom stereocenters. The van der Waals surface area contributed by atoms with E-state index < -0.39 is 41.3 Å². The predicted molar refractivity (Wildman–Crippen MR) is 97.8 cm³/mol. The first-order chi connectivity index (χ1) is 13.9. The average Bonchev–Trinajstić information content (AvgIpc) is 3.14. The summed E-state index contributed by atoms with van der Waals surface area (Å²) >= 11 is 0. The van der Waals surface area contributed by atoms with Crippen molar-refractivity contribution in [3.05, 3.63) is 84.9 Å². The third kappa shape index (κ3) is 3.68. The van der Waals surface area contributed by atoms with Crippen molar-refractivity contribution in [1.82, 2.24) is 19.9 Å². The van der Waals surface area contributed by atoms with Gasteiger partial charge in [-0.15, -0.1) is 0 Å². The summed E-state index contributed by atoms with van der Waals surface area (Å²) in [5.74, 6) is 0. The second kappa shape index (κ2) is 6.39. The van der Waals surface area contributed by atoms with Crippen LogP contribution in [0.3, 0.4) is 0 Å². The molecule has 25 heavy (non-hydrogen) atoms. The van der Waals surface area contributed by atoms with E-state index in [0.29, 0.717) is 5.69 Å². The van der Waals surface area contributed by atoms with E-state index in [-0.39, 0.29) is 21.7 Å². The molecule has 0 bridgehead atoms. The number of benzene rings is 1. The maximum Gasteiger partial charge on any atom is 0.272 e. The summed E-state index contributed by atoms with van der Waals surface area (Å²) in [6.07, 6.45) is 4.02. The molecule has 6 nitrogen and oxygen atoms in total. The molecule has 128 valence electrons. The molecule has 2 heterocycles. The molecule has 0 aliphatic heterocycles. The Labute approximate surface area is 151 Å². The van der Waals surface area contributed by atoms with Crippen LogP contribution in [0.5, 0.6) is 0 Å². The normalized spacial score (nSPS) is 16.2. The van der Waals surface area contributed by atoms with Gasteiger partial charge < -0.3 is 15.0 Å². The Morgan fingerprint density at radius 2 is 1.60 bits per heavy atom. The minimum Gasteiger partial charge on any atom is -0.348 e. The van der Waals surface area contributed by atoms with Gasteiger partial charge in [0, 0.05) is 11.1 Å². The van der Waals surface area contributed by atoms with Gasteiger partial charge in [0.25, 0.3) is 11.1 Å². The fourth-order valence-corrected chi connectivity index (χ4v) is 2.32. The average molecular weight is 341 g/mol. The molecule has 0 aliphatic rings. The molecule has 0 atom stereocenters. The topological polar surface area (TPSA) is 94.4 Å². The quantitative estimate of drug-likeness (QED) is 0.642. The van der Waals surface area contributed by atoms with E-state index in [9.17, 15) is 9.59 Å². The Kier molecular flexibility index (Phi) is 2.92. The number of hydrogen-bond acceptors (Lipinski definition) is 3. The smallest absolute Gasteiger partial charge is 0.272 e. The summed E-state index contributed by atoms with van der Waals surface area (Å²) in [6, 6.07) is -2.53. The number of hydrogen-bond donors (Lipinski definition) is 3. The van der Waals surface area contributed by atoms with E-state index in [1.807, 2.05) is 20.8 Å². The Morgan fingerprint density at radius 1 is 1.00 bits per heavy atom. The van der Waals surface area contributed by atoms with Crippen LogP contribution in [-0.2, 0) is 5.41 Å². The zero-order chi connectivity index (χ0) is 22.4. The van der Waals surface area contributed by atoms with Crippen LogP contribution in [0.25, 0.3) is 12.2 Å². The second-order valence-electron chi connectivity index (χ2n) is 6.48. The summed E-state index contributed by atoms with van der Waals surface area (Å²) < 4.78 is 38.9. The van der Waals surface area contributed by atoms with Gasteiger partial charge in [-0.1, -0.05) is 51.0 Å². The maximum atomic E-state index is 12.5. The number of imidazole rings is 1. The highest BCUT2D eigenvalue weighted by molar-refractivity contribution is 5.49. The molecule has 0 radical (unpaired) electrons. The van der Waals surface area contributed by atoms with Gasteiger partial charge in [-0.25, -0.2) is 4.98 Å². The summed E-state index contributed by atoms with van der Waals surface area (Å²) in [7, 11) is 0. The van der Waals surface area contributed by atoms with Crippen molar-refractivity contribution < 1.29 is 6.85 Å². The van der Waals surface area contributed by atoms with Crippen molar-refractivity contribution in [2.75, 3.05) is 0 Å². The maximum absolute atomic E-state index is 12.5. The van der Waals surface area contributed by atoms with Gasteiger partial charge in [0.15, 0.2) is 0 Å². The molecule has 0 amide bonds. The molecular weight excluding hydrogens is 316 g/mol. The van der Waals surface area contributed by atoms with Crippen LogP contribution in [-0.4, -0.2) is 19.9 Å². The van der Waals surface area contributed by atoms with Crippen LogP contribution < -0.4 is 21.8 Å². The minimum atomic E-state index is -0.680. The van der Waals surface area contributed by atoms with Crippen molar-refractivity contribution in [3.8, 4) is 0 Å². The van der Waals surface area contributed by atoms with Crippen LogP contribution >= 0.6 is 0 Å².